The minimum Gasteiger partial charge on any atom is -0.490 e. The second-order valence-corrected chi connectivity index (χ2v) is 5.32. The Bertz CT molecular complexity index is 711. The lowest BCUT2D eigenvalue weighted by Gasteiger charge is -2.10. The first-order valence-electron chi connectivity index (χ1n) is 7.62. The molecule has 0 spiro atoms. The van der Waals surface area contributed by atoms with Gasteiger partial charge in [0.05, 0.1) is 5.56 Å². The molecule has 0 radical (unpaired) electrons. The number of aliphatic carboxylic acids is 1. The van der Waals surface area contributed by atoms with Crippen LogP contribution in [0.25, 0.3) is 0 Å². The van der Waals surface area contributed by atoms with Gasteiger partial charge in [-0.2, -0.15) is 0 Å². The average molecular weight is 345 g/mol. The normalized spacial score (nSPS) is 11.6. The number of carboxylic acids is 2. The van der Waals surface area contributed by atoms with E-state index < -0.39 is 18.0 Å². The number of hydrogen-bond acceptors (Lipinski definition) is 5. The minimum atomic E-state index is -1.03. The van der Waals surface area contributed by atoms with E-state index in [-0.39, 0.29) is 12.0 Å². The highest BCUT2D eigenvalue weighted by Gasteiger charge is 2.11. The van der Waals surface area contributed by atoms with E-state index in [1.807, 2.05) is 0 Å². The van der Waals surface area contributed by atoms with Crippen LogP contribution in [-0.4, -0.2) is 41.4 Å². The van der Waals surface area contributed by atoms with E-state index in [9.17, 15) is 9.59 Å². The summed E-state index contributed by atoms with van der Waals surface area (Å²) in [5, 5.41) is 17.6. The van der Waals surface area contributed by atoms with Gasteiger partial charge < -0.3 is 25.4 Å². The first-order chi connectivity index (χ1) is 12.0. The monoisotopic (exact) mass is 345 g/mol. The fourth-order valence-electron chi connectivity index (χ4n) is 2.08. The summed E-state index contributed by atoms with van der Waals surface area (Å²) in [6, 6.07) is 12.2. The van der Waals surface area contributed by atoms with Crippen LogP contribution in [0.15, 0.2) is 48.5 Å². The number of benzene rings is 2. The largest absolute Gasteiger partial charge is 0.490 e. The molecule has 1 atom stereocenters. The molecule has 0 aromatic heterocycles. The van der Waals surface area contributed by atoms with E-state index in [0.717, 1.165) is 5.56 Å². The maximum absolute atomic E-state index is 10.7. The van der Waals surface area contributed by atoms with Crippen molar-refractivity contribution in [1.29, 1.82) is 0 Å². The molecule has 0 saturated heterocycles. The van der Waals surface area contributed by atoms with E-state index in [2.05, 4.69) is 0 Å². The molecule has 0 amide bonds. The van der Waals surface area contributed by atoms with Gasteiger partial charge in [-0.25, -0.2) is 4.79 Å². The van der Waals surface area contributed by atoms with Crippen LogP contribution in [0.2, 0.25) is 0 Å². The average Bonchev–Trinajstić information content (AvgIpc) is 2.60. The molecule has 132 valence electrons. The molecule has 0 bridgehead atoms. The highest BCUT2D eigenvalue weighted by molar-refractivity contribution is 5.87. The van der Waals surface area contributed by atoms with Crippen LogP contribution in [0.1, 0.15) is 15.9 Å². The summed E-state index contributed by atoms with van der Waals surface area (Å²) < 4.78 is 11.0. The minimum absolute atomic E-state index is 0.200. The van der Waals surface area contributed by atoms with E-state index in [1.54, 1.807) is 36.4 Å². The van der Waals surface area contributed by atoms with Crippen LogP contribution < -0.4 is 15.2 Å². The third-order valence-corrected chi connectivity index (χ3v) is 3.42. The van der Waals surface area contributed by atoms with Crippen LogP contribution in [0.5, 0.6) is 11.5 Å². The molecule has 0 heterocycles. The Morgan fingerprint density at radius 1 is 0.880 bits per heavy atom. The Balaban J connectivity index is 1.74. The lowest BCUT2D eigenvalue weighted by molar-refractivity contribution is -0.138. The molecule has 2 aromatic carbocycles. The maximum Gasteiger partial charge on any atom is 0.335 e. The third-order valence-electron chi connectivity index (χ3n) is 3.42. The highest BCUT2D eigenvalue weighted by Crippen LogP contribution is 2.14. The Morgan fingerprint density at radius 3 is 1.80 bits per heavy atom. The van der Waals surface area contributed by atoms with Gasteiger partial charge >= 0.3 is 11.9 Å². The van der Waals surface area contributed by atoms with Gasteiger partial charge in [0, 0.05) is 0 Å². The SMILES string of the molecule is NC(Cc1ccc(OCCOc2ccc(C(=O)O)cc2)cc1)C(=O)O. The fourth-order valence-corrected chi connectivity index (χ4v) is 2.08. The van der Waals surface area contributed by atoms with Gasteiger partial charge in [0.1, 0.15) is 30.8 Å². The number of carboxylic acid groups (broad SMARTS) is 2. The zero-order chi connectivity index (χ0) is 18.2. The number of hydrogen-bond donors (Lipinski definition) is 3. The Labute approximate surface area is 144 Å². The standard InChI is InChI=1S/C18H19NO6/c19-16(18(22)23)11-12-1-5-14(6-2-12)24-9-10-25-15-7-3-13(4-8-15)17(20)21/h1-8,16H,9-11,19H2,(H,20,21)(H,22,23). The quantitative estimate of drug-likeness (QED) is 0.593. The molecule has 0 aliphatic rings. The van der Waals surface area contributed by atoms with E-state index in [4.69, 9.17) is 25.4 Å². The second-order valence-electron chi connectivity index (χ2n) is 5.32. The third kappa shape index (κ3) is 5.82. The Hall–Kier alpha value is -3.06. The van der Waals surface area contributed by atoms with Gasteiger partial charge in [-0.05, 0) is 48.4 Å². The van der Waals surface area contributed by atoms with E-state index in [0.29, 0.717) is 24.7 Å². The second kappa shape index (κ2) is 8.70. The number of nitrogens with two attached hydrogens (primary N) is 1. The number of rotatable bonds is 9. The van der Waals surface area contributed by atoms with Crippen LogP contribution >= 0.6 is 0 Å². The lowest BCUT2D eigenvalue weighted by Crippen LogP contribution is -2.32. The van der Waals surface area contributed by atoms with Crippen molar-refractivity contribution in [2.75, 3.05) is 13.2 Å². The van der Waals surface area contributed by atoms with Crippen LogP contribution in [-0.2, 0) is 11.2 Å². The highest BCUT2D eigenvalue weighted by atomic mass is 16.5. The zero-order valence-electron chi connectivity index (χ0n) is 13.4. The van der Waals surface area contributed by atoms with E-state index in [1.165, 1.54) is 12.1 Å². The fraction of sp³-hybridized carbons (Fsp3) is 0.222. The first kappa shape index (κ1) is 18.3. The van der Waals surface area contributed by atoms with Crippen molar-refractivity contribution < 1.29 is 29.3 Å². The smallest absolute Gasteiger partial charge is 0.335 e. The predicted molar refractivity (Wildman–Crippen MR) is 90.1 cm³/mol. The summed E-state index contributed by atoms with van der Waals surface area (Å²) in [4.78, 5) is 21.5. The van der Waals surface area contributed by atoms with Gasteiger partial charge in [-0.3, -0.25) is 4.79 Å². The van der Waals surface area contributed by atoms with E-state index >= 15 is 0 Å². The van der Waals surface area contributed by atoms with Gasteiger partial charge in [-0.15, -0.1) is 0 Å². The van der Waals surface area contributed by atoms with Gasteiger partial charge in [0.25, 0.3) is 0 Å². The van der Waals surface area contributed by atoms with Crippen molar-refractivity contribution in [1.82, 2.24) is 0 Å². The van der Waals surface area contributed by atoms with Gasteiger partial charge in [-0.1, -0.05) is 12.1 Å². The summed E-state index contributed by atoms with van der Waals surface area (Å²) in [5.41, 5.74) is 6.50. The van der Waals surface area contributed by atoms with Crippen LogP contribution in [0.3, 0.4) is 0 Å². The lowest BCUT2D eigenvalue weighted by atomic mass is 10.1. The molecule has 0 aliphatic heterocycles. The molecule has 2 rings (SSSR count). The van der Waals surface area contributed by atoms with Crippen molar-refractivity contribution in [3.63, 3.8) is 0 Å². The van der Waals surface area contributed by atoms with Crippen molar-refractivity contribution >= 4 is 11.9 Å². The summed E-state index contributed by atoms with van der Waals surface area (Å²) in [6.45, 7) is 0.618. The summed E-state index contributed by atoms with van der Waals surface area (Å²) in [6.07, 6.45) is 0.255. The molecular weight excluding hydrogens is 326 g/mol. The summed E-state index contributed by atoms with van der Waals surface area (Å²) in [5.74, 6) is -0.819. The molecule has 4 N–H and O–H groups in total. The topological polar surface area (TPSA) is 119 Å². The van der Waals surface area contributed by atoms with Crippen molar-refractivity contribution in [2.24, 2.45) is 5.73 Å². The molecule has 0 aliphatic carbocycles. The maximum atomic E-state index is 10.7. The Morgan fingerprint density at radius 2 is 1.36 bits per heavy atom. The van der Waals surface area contributed by atoms with Crippen LogP contribution in [0.4, 0.5) is 0 Å². The van der Waals surface area contributed by atoms with Crippen molar-refractivity contribution in [3.05, 3.63) is 59.7 Å². The first-order valence-corrected chi connectivity index (χ1v) is 7.62. The van der Waals surface area contributed by atoms with Crippen molar-refractivity contribution in [3.8, 4) is 11.5 Å². The molecule has 7 nitrogen and oxygen atoms in total. The molecule has 0 saturated carbocycles. The predicted octanol–water partition coefficient (Wildman–Crippen LogP) is 1.80. The summed E-state index contributed by atoms with van der Waals surface area (Å²) in [7, 11) is 0. The van der Waals surface area contributed by atoms with Crippen molar-refractivity contribution in [2.45, 2.75) is 12.5 Å². The molecule has 1 unspecified atom stereocenters. The zero-order valence-corrected chi connectivity index (χ0v) is 13.4. The molecule has 7 heteroatoms. The summed E-state index contributed by atoms with van der Waals surface area (Å²) >= 11 is 0. The molecular formula is C18H19NO6. The van der Waals surface area contributed by atoms with Crippen LogP contribution in [0, 0.1) is 0 Å². The number of carbonyl (C=O) groups is 2. The molecule has 0 fully saturated rings. The Kier molecular flexibility index (Phi) is 6.36. The molecule has 25 heavy (non-hydrogen) atoms. The van der Waals surface area contributed by atoms with Gasteiger partial charge in [0.2, 0.25) is 0 Å². The number of aromatic carboxylic acids is 1. The number of ether oxygens (including phenoxy) is 2. The van der Waals surface area contributed by atoms with Gasteiger partial charge in [0.15, 0.2) is 0 Å². The molecule has 2 aromatic rings.